The Labute approximate surface area is 115 Å². The molecule has 0 spiro atoms. The largest absolute Gasteiger partial charge is 0.478 e. The Morgan fingerprint density at radius 2 is 1.84 bits per heavy atom. The molecule has 0 saturated heterocycles. The van der Waals surface area contributed by atoms with Gasteiger partial charge in [0.15, 0.2) is 0 Å². The van der Waals surface area contributed by atoms with Crippen LogP contribution in [0.5, 0.6) is 0 Å². The molecule has 0 aliphatic rings. The summed E-state index contributed by atoms with van der Waals surface area (Å²) in [6.45, 7) is 3.64. The number of aryl methyl sites for hydroxylation is 2. The van der Waals surface area contributed by atoms with Gasteiger partial charge in [-0.1, -0.05) is 23.7 Å². The van der Waals surface area contributed by atoms with Crippen molar-refractivity contribution in [2.45, 2.75) is 13.8 Å². The van der Waals surface area contributed by atoms with Crippen LogP contribution in [0, 0.1) is 19.7 Å². The minimum absolute atomic E-state index is 0.275. The summed E-state index contributed by atoms with van der Waals surface area (Å²) in [5.41, 5.74) is 2.23. The molecule has 2 aromatic rings. The third kappa shape index (κ3) is 2.47. The van der Waals surface area contributed by atoms with Crippen LogP contribution in [0.3, 0.4) is 0 Å². The maximum atomic E-state index is 14.2. The van der Waals surface area contributed by atoms with Gasteiger partial charge < -0.3 is 5.11 Å². The van der Waals surface area contributed by atoms with Gasteiger partial charge in [0.1, 0.15) is 5.82 Å². The van der Waals surface area contributed by atoms with Gasteiger partial charge in [-0.05, 0) is 48.7 Å². The van der Waals surface area contributed by atoms with E-state index in [1.807, 2.05) is 13.8 Å². The molecular weight excluding hydrogens is 267 g/mol. The van der Waals surface area contributed by atoms with Crippen molar-refractivity contribution in [3.8, 4) is 11.1 Å². The molecule has 19 heavy (non-hydrogen) atoms. The van der Waals surface area contributed by atoms with Crippen LogP contribution >= 0.6 is 11.6 Å². The second kappa shape index (κ2) is 5.02. The minimum atomic E-state index is -1.28. The van der Waals surface area contributed by atoms with Crippen LogP contribution in [-0.2, 0) is 0 Å². The van der Waals surface area contributed by atoms with E-state index in [0.717, 1.165) is 11.1 Å². The zero-order chi connectivity index (χ0) is 14.2. The van der Waals surface area contributed by atoms with E-state index in [4.69, 9.17) is 16.7 Å². The van der Waals surface area contributed by atoms with Gasteiger partial charge in [0.2, 0.25) is 0 Å². The van der Waals surface area contributed by atoms with Crippen LogP contribution in [0.15, 0.2) is 30.3 Å². The first-order chi connectivity index (χ1) is 8.91. The van der Waals surface area contributed by atoms with Gasteiger partial charge in [-0.15, -0.1) is 0 Å². The second-order valence-corrected chi connectivity index (χ2v) is 4.80. The van der Waals surface area contributed by atoms with Gasteiger partial charge >= 0.3 is 5.97 Å². The fourth-order valence-corrected chi connectivity index (χ4v) is 2.19. The molecule has 0 aliphatic heterocycles. The monoisotopic (exact) mass is 278 g/mol. The molecule has 0 amide bonds. The summed E-state index contributed by atoms with van der Waals surface area (Å²) in [4.78, 5) is 11.0. The zero-order valence-corrected chi connectivity index (χ0v) is 11.3. The van der Waals surface area contributed by atoms with Gasteiger partial charge in [0, 0.05) is 10.6 Å². The van der Waals surface area contributed by atoms with Gasteiger partial charge in [-0.2, -0.15) is 0 Å². The Balaban J connectivity index is 2.69. The molecule has 0 aromatic heterocycles. The molecule has 98 valence electrons. The lowest BCUT2D eigenvalue weighted by Crippen LogP contribution is -2.02. The summed E-state index contributed by atoms with van der Waals surface area (Å²) in [7, 11) is 0. The fourth-order valence-electron chi connectivity index (χ4n) is 1.98. The molecule has 2 rings (SSSR count). The molecule has 1 N–H and O–H groups in total. The van der Waals surface area contributed by atoms with E-state index in [0.29, 0.717) is 10.6 Å². The molecule has 0 aliphatic carbocycles. The lowest BCUT2D eigenvalue weighted by atomic mass is 9.96. The molecule has 0 radical (unpaired) electrons. The molecule has 2 aromatic carbocycles. The summed E-state index contributed by atoms with van der Waals surface area (Å²) in [6, 6.07) is 7.86. The summed E-state index contributed by atoms with van der Waals surface area (Å²) < 4.78 is 14.2. The highest BCUT2D eigenvalue weighted by Gasteiger charge is 2.16. The van der Waals surface area contributed by atoms with Crippen LogP contribution in [0.25, 0.3) is 11.1 Å². The topological polar surface area (TPSA) is 37.3 Å². The average Bonchev–Trinajstić information content (AvgIpc) is 2.34. The Hall–Kier alpha value is -1.87. The summed E-state index contributed by atoms with van der Waals surface area (Å²) >= 11 is 6.01. The smallest absolute Gasteiger partial charge is 0.338 e. The number of carboxylic acid groups (broad SMARTS) is 1. The van der Waals surface area contributed by atoms with Crippen molar-refractivity contribution in [1.29, 1.82) is 0 Å². The molecule has 0 fully saturated rings. The van der Waals surface area contributed by atoms with E-state index in [9.17, 15) is 9.18 Å². The average molecular weight is 279 g/mol. The molecular formula is C15H12ClFO2. The van der Waals surface area contributed by atoms with Crippen LogP contribution in [0.2, 0.25) is 5.02 Å². The fraction of sp³-hybridized carbons (Fsp3) is 0.133. The zero-order valence-electron chi connectivity index (χ0n) is 10.5. The van der Waals surface area contributed by atoms with E-state index in [1.165, 1.54) is 12.1 Å². The highest BCUT2D eigenvalue weighted by atomic mass is 35.5. The third-order valence-electron chi connectivity index (χ3n) is 3.02. The standard InChI is InChI=1S/C15H12ClFO2/c1-8-7-13(16)9(2)6-12(8)10-4-3-5-11(14(10)17)15(18)19/h3-7H,1-2H3,(H,18,19). The van der Waals surface area contributed by atoms with Gasteiger partial charge in [-0.25, -0.2) is 9.18 Å². The van der Waals surface area contributed by atoms with Crippen molar-refractivity contribution in [3.63, 3.8) is 0 Å². The van der Waals surface area contributed by atoms with E-state index < -0.39 is 11.8 Å². The van der Waals surface area contributed by atoms with Gasteiger partial charge in [-0.3, -0.25) is 0 Å². The summed E-state index contributed by atoms with van der Waals surface area (Å²) in [5.74, 6) is -2.00. The lowest BCUT2D eigenvalue weighted by Gasteiger charge is -2.11. The number of aromatic carboxylic acids is 1. The number of carbonyl (C=O) groups is 1. The minimum Gasteiger partial charge on any atom is -0.478 e. The van der Waals surface area contributed by atoms with Crippen molar-refractivity contribution >= 4 is 17.6 Å². The van der Waals surface area contributed by atoms with Gasteiger partial charge in [0.25, 0.3) is 0 Å². The Morgan fingerprint density at radius 1 is 1.16 bits per heavy atom. The number of benzene rings is 2. The highest BCUT2D eigenvalue weighted by Crippen LogP contribution is 2.31. The van der Waals surface area contributed by atoms with Crippen LogP contribution in [-0.4, -0.2) is 11.1 Å². The SMILES string of the molecule is Cc1cc(-c2cccc(C(=O)O)c2F)c(C)cc1Cl. The quantitative estimate of drug-likeness (QED) is 0.880. The maximum absolute atomic E-state index is 14.2. The molecule has 4 heteroatoms. The predicted octanol–water partition coefficient (Wildman–Crippen LogP) is 4.46. The highest BCUT2D eigenvalue weighted by molar-refractivity contribution is 6.31. The molecule has 0 bridgehead atoms. The van der Waals surface area contributed by atoms with Crippen molar-refractivity contribution < 1.29 is 14.3 Å². The first-order valence-corrected chi connectivity index (χ1v) is 6.08. The van der Waals surface area contributed by atoms with E-state index >= 15 is 0 Å². The van der Waals surface area contributed by atoms with E-state index in [-0.39, 0.29) is 11.1 Å². The van der Waals surface area contributed by atoms with Crippen LogP contribution in [0.1, 0.15) is 21.5 Å². The van der Waals surface area contributed by atoms with Gasteiger partial charge in [0.05, 0.1) is 5.56 Å². The molecule has 0 unspecified atom stereocenters. The van der Waals surface area contributed by atoms with Crippen LogP contribution in [0.4, 0.5) is 4.39 Å². The summed E-state index contributed by atoms with van der Waals surface area (Å²) in [5, 5.41) is 9.55. The molecule has 2 nitrogen and oxygen atoms in total. The van der Waals surface area contributed by atoms with Crippen molar-refractivity contribution in [1.82, 2.24) is 0 Å². The van der Waals surface area contributed by atoms with Crippen molar-refractivity contribution in [2.24, 2.45) is 0 Å². The number of hydrogen-bond acceptors (Lipinski definition) is 1. The number of rotatable bonds is 2. The second-order valence-electron chi connectivity index (χ2n) is 4.39. The van der Waals surface area contributed by atoms with E-state index in [1.54, 1.807) is 18.2 Å². The number of hydrogen-bond donors (Lipinski definition) is 1. The maximum Gasteiger partial charge on any atom is 0.338 e. The Bertz CT molecular complexity index is 665. The summed E-state index contributed by atoms with van der Waals surface area (Å²) in [6.07, 6.45) is 0. The van der Waals surface area contributed by atoms with Crippen molar-refractivity contribution in [2.75, 3.05) is 0 Å². The molecule has 0 saturated carbocycles. The molecule has 0 heterocycles. The third-order valence-corrected chi connectivity index (χ3v) is 3.43. The lowest BCUT2D eigenvalue weighted by molar-refractivity contribution is 0.0692. The number of halogens is 2. The predicted molar refractivity (Wildman–Crippen MR) is 73.3 cm³/mol. The first-order valence-electron chi connectivity index (χ1n) is 5.70. The van der Waals surface area contributed by atoms with Crippen LogP contribution < -0.4 is 0 Å². The van der Waals surface area contributed by atoms with E-state index in [2.05, 4.69) is 0 Å². The van der Waals surface area contributed by atoms with Crippen molar-refractivity contribution in [3.05, 3.63) is 57.9 Å². The Kier molecular flexibility index (Phi) is 3.58. The number of carboxylic acids is 1. The first kappa shape index (κ1) is 13.6. The Morgan fingerprint density at radius 3 is 2.47 bits per heavy atom. The normalized spacial score (nSPS) is 10.5. The molecule has 0 atom stereocenters.